The summed E-state index contributed by atoms with van der Waals surface area (Å²) >= 11 is 2.14. The molecule has 2 aromatic rings. The molecule has 1 N–H and O–H groups in total. The SMILES string of the molecule is COC(=O)CSc1nnc(NS(=O)(=O)c2ccc3c(c2)CCN3C(C)=O)s1. The Morgan fingerprint density at radius 2 is 2.15 bits per heavy atom. The van der Waals surface area contributed by atoms with Gasteiger partial charge in [0.15, 0.2) is 4.34 Å². The van der Waals surface area contributed by atoms with Gasteiger partial charge in [-0.1, -0.05) is 23.1 Å². The molecule has 0 saturated carbocycles. The molecule has 144 valence electrons. The number of hydrogen-bond acceptors (Lipinski definition) is 9. The van der Waals surface area contributed by atoms with Crippen molar-refractivity contribution in [1.82, 2.24) is 10.2 Å². The fourth-order valence-electron chi connectivity index (χ4n) is 2.54. The second-order valence-electron chi connectivity index (χ2n) is 5.55. The zero-order valence-corrected chi connectivity index (χ0v) is 16.9. The molecule has 0 radical (unpaired) electrons. The number of nitrogens with zero attached hydrogens (tertiary/aromatic N) is 3. The van der Waals surface area contributed by atoms with Crippen molar-refractivity contribution in [3.05, 3.63) is 23.8 Å². The number of hydrogen-bond donors (Lipinski definition) is 1. The van der Waals surface area contributed by atoms with Crippen LogP contribution < -0.4 is 9.62 Å². The first-order valence-corrected chi connectivity index (χ1v) is 11.1. The third-order valence-electron chi connectivity index (χ3n) is 3.81. The fourth-order valence-corrected chi connectivity index (χ4v) is 5.40. The average Bonchev–Trinajstić information content (AvgIpc) is 3.25. The Hall–Kier alpha value is -2.18. The Morgan fingerprint density at radius 1 is 1.37 bits per heavy atom. The van der Waals surface area contributed by atoms with E-state index in [0.717, 1.165) is 34.3 Å². The van der Waals surface area contributed by atoms with Crippen LogP contribution in [0.15, 0.2) is 27.4 Å². The van der Waals surface area contributed by atoms with Crippen molar-refractivity contribution in [3.63, 3.8) is 0 Å². The molecule has 12 heteroatoms. The van der Waals surface area contributed by atoms with E-state index in [2.05, 4.69) is 19.7 Å². The Morgan fingerprint density at radius 3 is 2.85 bits per heavy atom. The van der Waals surface area contributed by atoms with Crippen LogP contribution in [-0.2, 0) is 30.8 Å². The van der Waals surface area contributed by atoms with Gasteiger partial charge in [-0.2, -0.15) is 0 Å². The zero-order valence-electron chi connectivity index (χ0n) is 14.5. The largest absolute Gasteiger partial charge is 0.468 e. The van der Waals surface area contributed by atoms with Crippen LogP contribution in [0.2, 0.25) is 0 Å². The van der Waals surface area contributed by atoms with Crippen LogP contribution in [-0.4, -0.2) is 49.9 Å². The molecule has 0 spiro atoms. The third kappa shape index (κ3) is 4.39. The van der Waals surface area contributed by atoms with Crippen LogP contribution in [0.1, 0.15) is 12.5 Å². The van der Waals surface area contributed by atoms with Gasteiger partial charge in [-0.3, -0.25) is 14.3 Å². The first-order chi connectivity index (χ1) is 12.8. The van der Waals surface area contributed by atoms with E-state index in [1.807, 2.05) is 0 Å². The summed E-state index contributed by atoms with van der Waals surface area (Å²) in [5.41, 5.74) is 1.54. The third-order valence-corrected chi connectivity index (χ3v) is 7.22. The number of ether oxygens (including phenoxy) is 1. The Labute approximate surface area is 164 Å². The van der Waals surface area contributed by atoms with Crippen LogP contribution in [0.5, 0.6) is 0 Å². The number of anilines is 2. The highest BCUT2D eigenvalue weighted by Gasteiger charge is 2.25. The lowest BCUT2D eigenvalue weighted by Crippen LogP contribution is -2.25. The number of carbonyl (C=O) groups excluding carboxylic acids is 2. The van der Waals surface area contributed by atoms with Gasteiger partial charge < -0.3 is 9.64 Å². The maximum absolute atomic E-state index is 12.6. The number of rotatable bonds is 6. The maximum Gasteiger partial charge on any atom is 0.316 e. The molecule has 9 nitrogen and oxygen atoms in total. The molecule has 1 aromatic heterocycles. The molecule has 0 fully saturated rings. The van der Waals surface area contributed by atoms with Gasteiger partial charge >= 0.3 is 5.97 Å². The number of thioether (sulfide) groups is 1. The van der Waals surface area contributed by atoms with Gasteiger partial charge in [0.2, 0.25) is 11.0 Å². The summed E-state index contributed by atoms with van der Waals surface area (Å²) in [6.07, 6.45) is 0.603. The molecule has 0 bridgehead atoms. The average molecular weight is 429 g/mol. The lowest BCUT2D eigenvalue weighted by Gasteiger charge is -2.14. The predicted molar refractivity (Wildman–Crippen MR) is 102 cm³/mol. The minimum Gasteiger partial charge on any atom is -0.468 e. The van der Waals surface area contributed by atoms with Crippen molar-refractivity contribution < 1.29 is 22.7 Å². The second kappa shape index (κ2) is 7.82. The second-order valence-corrected chi connectivity index (χ2v) is 9.44. The molecule has 0 saturated heterocycles. The van der Waals surface area contributed by atoms with Gasteiger partial charge in [-0.05, 0) is 30.2 Å². The highest BCUT2D eigenvalue weighted by atomic mass is 32.2. The van der Waals surface area contributed by atoms with E-state index in [-0.39, 0.29) is 21.7 Å². The lowest BCUT2D eigenvalue weighted by atomic mass is 10.2. The molecule has 3 rings (SSSR count). The molecule has 2 heterocycles. The number of sulfonamides is 1. The summed E-state index contributed by atoms with van der Waals surface area (Å²) in [5.74, 6) is -0.418. The highest BCUT2D eigenvalue weighted by molar-refractivity contribution is 8.01. The van der Waals surface area contributed by atoms with E-state index in [1.165, 1.54) is 20.1 Å². The van der Waals surface area contributed by atoms with Crippen LogP contribution >= 0.6 is 23.1 Å². The first kappa shape index (κ1) is 19.6. The van der Waals surface area contributed by atoms with Crippen molar-refractivity contribution in [2.75, 3.05) is 29.0 Å². The quantitative estimate of drug-likeness (QED) is 0.543. The summed E-state index contributed by atoms with van der Waals surface area (Å²) < 4.78 is 32.6. The monoisotopic (exact) mass is 428 g/mol. The molecular formula is C15H16N4O5S3. The van der Waals surface area contributed by atoms with Crippen molar-refractivity contribution >= 4 is 55.8 Å². The van der Waals surface area contributed by atoms with Gasteiger partial charge in [0, 0.05) is 19.2 Å². The van der Waals surface area contributed by atoms with E-state index in [0.29, 0.717) is 17.3 Å². The number of benzene rings is 1. The van der Waals surface area contributed by atoms with E-state index >= 15 is 0 Å². The van der Waals surface area contributed by atoms with Crippen LogP contribution in [0.4, 0.5) is 10.8 Å². The minimum atomic E-state index is -3.84. The maximum atomic E-state index is 12.6. The van der Waals surface area contributed by atoms with E-state index in [4.69, 9.17) is 0 Å². The summed E-state index contributed by atoms with van der Waals surface area (Å²) in [7, 11) is -2.56. The normalized spacial score (nSPS) is 13.3. The molecular weight excluding hydrogens is 412 g/mol. The molecule has 1 amide bonds. The van der Waals surface area contributed by atoms with E-state index < -0.39 is 16.0 Å². The number of esters is 1. The summed E-state index contributed by atoms with van der Waals surface area (Å²) in [4.78, 5) is 24.4. The van der Waals surface area contributed by atoms with Crippen molar-refractivity contribution in [3.8, 4) is 0 Å². The van der Waals surface area contributed by atoms with E-state index in [9.17, 15) is 18.0 Å². The summed E-state index contributed by atoms with van der Waals surface area (Å²) in [6, 6.07) is 4.65. The van der Waals surface area contributed by atoms with Crippen molar-refractivity contribution in [2.24, 2.45) is 0 Å². The summed E-state index contributed by atoms with van der Waals surface area (Å²) in [6.45, 7) is 2.02. The fraction of sp³-hybridized carbons (Fsp3) is 0.333. The van der Waals surface area contributed by atoms with Crippen LogP contribution in [0.25, 0.3) is 0 Å². The smallest absolute Gasteiger partial charge is 0.316 e. The van der Waals surface area contributed by atoms with Crippen molar-refractivity contribution in [1.29, 1.82) is 0 Å². The van der Waals surface area contributed by atoms with Gasteiger partial charge in [-0.15, -0.1) is 10.2 Å². The van der Waals surface area contributed by atoms with Crippen LogP contribution in [0, 0.1) is 0 Å². The van der Waals surface area contributed by atoms with Gasteiger partial charge in [0.05, 0.1) is 17.8 Å². The predicted octanol–water partition coefficient (Wildman–Crippen LogP) is 1.51. The van der Waals surface area contributed by atoms with E-state index in [1.54, 1.807) is 17.0 Å². The number of amides is 1. The van der Waals surface area contributed by atoms with Gasteiger partial charge in [0.1, 0.15) is 0 Å². The molecule has 0 unspecified atom stereocenters. The van der Waals surface area contributed by atoms with Crippen LogP contribution in [0.3, 0.4) is 0 Å². The number of carbonyl (C=O) groups is 2. The minimum absolute atomic E-state index is 0.0648. The first-order valence-electron chi connectivity index (χ1n) is 7.77. The Bertz CT molecular complexity index is 989. The zero-order chi connectivity index (χ0) is 19.6. The Kier molecular flexibility index (Phi) is 5.67. The highest BCUT2D eigenvalue weighted by Crippen LogP contribution is 2.32. The molecule has 0 atom stereocenters. The molecule has 1 aromatic carbocycles. The molecule has 1 aliphatic heterocycles. The number of fused-ring (bicyclic) bond motifs is 1. The standard InChI is InChI=1S/C15H16N4O5S3/c1-9(20)19-6-5-10-7-11(3-4-12(10)19)27(22,23)18-14-16-17-15(26-14)25-8-13(21)24-2/h3-4,7H,5-6,8H2,1-2H3,(H,16,18). The molecule has 1 aliphatic rings. The van der Waals surface area contributed by atoms with Gasteiger partial charge in [0.25, 0.3) is 10.0 Å². The lowest BCUT2D eigenvalue weighted by molar-refractivity contribution is -0.137. The summed E-state index contributed by atoms with van der Waals surface area (Å²) in [5, 5.41) is 7.74. The Balaban J connectivity index is 1.73. The number of nitrogens with one attached hydrogen (secondary N) is 1. The van der Waals surface area contributed by atoms with Gasteiger partial charge in [-0.25, -0.2) is 8.42 Å². The molecule has 0 aliphatic carbocycles. The van der Waals surface area contributed by atoms with Crippen molar-refractivity contribution in [2.45, 2.75) is 22.6 Å². The number of aromatic nitrogens is 2. The molecule has 27 heavy (non-hydrogen) atoms. The topological polar surface area (TPSA) is 119 Å². The number of methoxy groups -OCH3 is 1.